The maximum Gasteiger partial charge on any atom is 0.328 e. The molecule has 7 nitrogen and oxygen atoms in total. The first-order chi connectivity index (χ1) is 13.8. The highest BCUT2D eigenvalue weighted by Crippen LogP contribution is 2.17. The van der Waals surface area contributed by atoms with Crippen molar-refractivity contribution in [2.75, 3.05) is 32.7 Å². The quantitative estimate of drug-likeness (QED) is 0.395. The van der Waals surface area contributed by atoms with E-state index in [0.717, 1.165) is 19.5 Å². The number of benzene rings is 1. The number of aliphatic imine (C=N–C) groups is 1. The van der Waals surface area contributed by atoms with Crippen LogP contribution in [0.4, 0.5) is 0 Å². The van der Waals surface area contributed by atoms with Crippen LogP contribution in [0.3, 0.4) is 0 Å². The van der Waals surface area contributed by atoms with Crippen molar-refractivity contribution in [3.8, 4) is 0 Å². The molecule has 1 heterocycles. The zero-order valence-electron chi connectivity index (χ0n) is 18.0. The second-order valence-electron chi connectivity index (χ2n) is 8.31. The second kappa shape index (κ2) is 10.8. The number of esters is 1. The lowest BCUT2D eigenvalue weighted by molar-refractivity contribution is -0.152. The summed E-state index contributed by atoms with van der Waals surface area (Å²) >= 11 is 0. The molecule has 1 saturated heterocycles. The van der Waals surface area contributed by atoms with Gasteiger partial charge in [-0.1, -0.05) is 30.3 Å². The first kappa shape index (κ1) is 22.7. The van der Waals surface area contributed by atoms with Crippen LogP contribution >= 0.6 is 0 Å². The number of amides is 1. The van der Waals surface area contributed by atoms with Crippen LogP contribution in [0.15, 0.2) is 35.3 Å². The van der Waals surface area contributed by atoms with E-state index in [4.69, 9.17) is 4.74 Å². The molecule has 1 aromatic carbocycles. The highest BCUT2D eigenvalue weighted by Gasteiger charge is 2.29. The Balaban J connectivity index is 1.79. The van der Waals surface area contributed by atoms with Crippen molar-refractivity contribution in [1.29, 1.82) is 0 Å². The summed E-state index contributed by atoms with van der Waals surface area (Å²) in [7, 11) is 0. The molecule has 0 aliphatic carbocycles. The van der Waals surface area contributed by atoms with Crippen LogP contribution in [0.5, 0.6) is 0 Å². The summed E-state index contributed by atoms with van der Waals surface area (Å²) in [4.78, 5) is 30.4. The monoisotopic (exact) mass is 402 g/mol. The van der Waals surface area contributed by atoms with Gasteiger partial charge in [0.1, 0.15) is 12.1 Å². The molecular weight excluding hydrogens is 368 g/mol. The number of nitrogens with zero attached hydrogens (tertiary/aromatic N) is 2. The molecule has 1 aromatic rings. The van der Waals surface area contributed by atoms with Gasteiger partial charge >= 0.3 is 5.97 Å². The van der Waals surface area contributed by atoms with Gasteiger partial charge in [0, 0.05) is 38.5 Å². The maximum absolute atomic E-state index is 12.3. The van der Waals surface area contributed by atoms with E-state index in [0.29, 0.717) is 25.5 Å². The molecule has 1 amide bonds. The minimum Gasteiger partial charge on any atom is -0.459 e. The first-order valence-electron chi connectivity index (χ1n) is 10.3. The Morgan fingerprint density at radius 2 is 1.97 bits per heavy atom. The molecule has 29 heavy (non-hydrogen) atoms. The van der Waals surface area contributed by atoms with Crippen molar-refractivity contribution >= 4 is 17.8 Å². The largest absolute Gasteiger partial charge is 0.459 e. The van der Waals surface area contributed by atoms with Gasteiger partial charge in [-0.2, -0.15) is 0 Å². The first-order valence-corrected chi connectivity index (χ1v) is 10.3. The topological polar surface area (TPSA) is 83.0 Å². The summed E-state index contributed by atoms with van der Waals surface area (Å²) in [5, 5.41) is 6.37. The molecule has 1 aliphatic rings. The molecule has 2 N–H and O–H groups in total. The third-order valence-corrected chi connectivity index (χ3v) is 4.50. The molecule has 0 saturated carbocycles. The molecule has 0 spiro atoms. The van der Waals surface area contributed by atoms with Gasteiger partial charge in [0.05, 0.1) is 0 Å². The maximum atomic E-state index is 12.3. The van der Waals surface area contributed by atoms with Gasteiger partial charge in [-0.3, -0.25) is 9.59 Å². The highest BCUT2D eigenvalue weighted by molar-refractivity contribution is 5.83. The molecule has 1 atom stereocenters. The second-order valence-corrected chi connectivity index (χ2v) is 8.31. The van der Waals surface area contributed by atoms with Crippen molar-refractivity contribution in [2.45, 2.75) is 46.1 Å². The zero-order chi connectivity index (χ0) is 21.3. The lowest BCUT2D eigenvalue weighted by atomic mass is 10.1. The van der Waals surface area contributed by atoms with E-state index in [1.54, 1.807) is 0 Å². The van der Waals surface area contributed by atoms with E-state index in [9.17, 15) is 9.59 Å². The Hall–Kier alpha value is -2.57. The summed E-state index contributed by atoms with van der Waals surface area (Å²) in [5.74, 6) is 0.624. The molecular formula is C22H34N4O3. The van der Waals surface area contributed by atoms with Crippen molar-refractivity contribution in [3.63, 3.8) is 0 Å². The van der Waals surface area contributed by atoms with Crippen LogP contribution in [0, 0.1) is 5.92 Å². The Kier molecular flexibility index (Phi) is 8.49. The van der Waals surface area contributed by atoms with Crippen LogP contribution in [0.1, 0.15) is 39.7 Å². The lowest BCUT2D eigenvalue weighted by Crippen LogP contribution is -2.41. The molecule has 1 fully saturated rings. The van der Waals surface area contributed by atoms with Crippen LogP contribution in [0.25, 0.3) is 0 Å². The molecule has 0 aromatic heterocycles. The molecule has 1 aliphatic heterocycles. The molecule has 2 rings (SSSR count). The average molecular weight is 403 g/mol. The standard InChI is InChI=1S/C22H34N4O3/c1-5-23-21(25-15-20(28)29-22(2,3)4)24-14-18-13-19(27)26(16-18)12-11-17-9-7-6-8-10-17/h6-10,18H,5,11-16H2,1-4H3,(H2,23,24,25). The number of carbonyl (C=O) groups is 2. The van der Waals surface area contributed by atoms with Crippen LogP contribution in [-0.2, 0) is 20.7 Å². The Morgan fingerprint density at radius 1 is 1.24 bits per heavy atom. The van der Waals surface area contributed by atoms with E-state index in [1.807, 2.05) is 50.8 Å². The van der Waals surface area contributed by atoms with Crippen molar-refractivity contribution in [3.05, 3.63) is 35.9 Å². The van der Waals surface area contributed by atoms with Crippen molar-refractivity contribution in [1.82, 2.24) is 15.5 Å². The predicted molar refractivity (Wildman–Crippen MR) is 115 cm³/mol. The van der Waals surface area contributed by atoms with E-state index in [-0.39, 0.29) is 24.3 Å². The fourth-order valence-corrected chi connectivity index (χ4v) is 3.22. The van der Waals surface area contributed by atoms with Gasteiger partial charge in [0.15, 0.2) is 5.96 Å². The average Bonchev–Trinajstić information content (AvgIpc) is 3.01. The Morgan fingerprint density at radius 3 is 2.62 bits per heavy atom. The van der Waals surface area contributed by atoms with Gasteiger partial charge in [0.2, 0.25) is 5.91 Å². The van der Waals surface area contributed by atoms with E-state index < -0.39 is 5.60 Å². The SMILES string of the molecule is CCNC(=NCC(=O)OC(C)(C)C)NCC1CC(=O)N(CCc2ccccc2)C1. The summed E-state index contributed by atoms with van der Waals surface area (Å²) in [6.45, 7) is 10.2. The number of nitrogens with one attached hydrogen (secondary N) is 2. The number of guanidine groups is 1. The number of rotatable bonds is 8. The number of hydrogen-bond acceptors (Lipinski definition) is 4. The Labute approximate surface area is 173 Å². The molecule has 7 heteroatoms. The highest BCUT2D eigenvalue weighted by atomic mass is 16.6. The van der Waals surface area contributed by atoms with E-state index in [1.165, 1.54) is 5.56 Å². The van der Waals surface area contributed by atoms with Gasteiger partial charge in [-0.15, -0.1) is 0 Å². The van der Waals surface area contributed by atoms with Gasteiger partial charge in [-0.05, 0) is 39.7 Å². The van der Waals surface area contributed by atoms with E-state index in [2.05, 4.69) is 27.8 Å². The summed E-state index contributed by atoms with van der Waals surface area (Å²) in [6.07, 6.45) is 1.40. The fourth-order valence-electron chi connectivity index (χ4n) is 3.22. The number of likely N-dealkylation sites (tertiary alicyclic amines) is 1. The number of carbonyl (C=O) groups excluding carboxylic acids is 2. The van der Waals surface area contributed by atoms with Crippen molar-refractivity contribution < 1.29 is 14.3 Å². The van der Waals surface area contributed by atoms with Gasteiger partial charge in [-0.25, -0.2) is 4.99 Å². The lowest BCUT2D eigenvalue weighted by Gasteiger charge is -2.19. The van der Waals surface area contributed by atoms with Crippen LogP contribution < -0.4 is 10.6 Å². The Bertz CT molecular complexity index is 698. The number of ether oxygens (including phenoxy) is 1. The van der Waals surface area contributed by atoms with Gasteiger partial charge < -0.3 is 20.3 Å². The fraction of sp³-hybridized carbons (Fsp3) is 0.591. The molecule has 1 unspecified atom stereocenters. The summed E-state index contributed by atoms with van der Waals surface area (Å²) in [6, 6.07) is 10.2. The predicted octanol–water partition coefficient (Wildman–Crippen LogP) is 1.97. The van der Waals surface area contributed by atoms with Crippen molar-refractivity contribution in [2.24, 2.45) is 10.9 Å². The minimum absolute atomic E-state index is 0.0423. The van der Waals surface area contributed by atoms with Gasteiger partial charge in [0.25, 0.3) is 0 Å². The zero-order valence-corrected chi connectivity index (χ0v) is 18.0. The minimum atomic E-state index is -0.522. The molecule has 0 radical (unpaired) electrons. The van der Waals surface area contributed by atoms with Crippen LogP contribution in [0.2, 0.25) is 0 Å². The van der Waals surface area contributed by atoms with E-state index >= 15 is 0 Å². The third-order valence-electron chi connectivity index (χ3n) is 4.50. The summed E-state index contributed by atoms with van der Waals surface area (Å²) < 4.78 is 5.28. The van der Waals surface area contributed by atoms with Crippen LogP contribution in [-0.4, -0.2) is 61.1 Å². The molecule has 0 bridgehead atoms. The molecule has 160 valence electrons. The third kappa shape index (κ3) is 8.54. The summed E-state index contributed by atoms with van der Waals surface area (Å²) in [5.41, 5.74) is 0.719. The normalized spacial score (nSPS) is 17.4. The number of hydrogen-bond donors (Lipinski definition) is 2. The smallest absolute Gasteiger partial charge is 0.328 e.